The number of aromatic carboxylic acids is 1. The largest absolute Gasteiger partial charge is 0.478 e. The number of nitrogens with zero attached hydrogens (tertiary/aromatic N) is 1. The van der Waals surface area contributed by atoms with Crippen LogP contribution in [0.15, 0.2) is 54.6 Å². The molecular formula is C27H27FN2O2. The normalized spacial score (nSPS) is 18.3. The Morgan fingerprint density at radius 1 is 1.06 bits per heavy atom. The first kappa shape index (κ1) is 20.6. The van der Waals surface area contributed by atoms with Crippen molar-refractivity contribution in [3.05, 3.63) is 82.7 Å². The summed E-state index contributed by atoms with van der Waals surface area (Å²) in [7, 11) is 0. The summed E-state index contributed by atoms with van der Waals surface area (Å²) in [5.41, 5.74) is 6.63. The molecule has 0 amide bonds. The summed E-state index contributed by atoms with van der Waals surface area (Å²) in [5.74, 6) is -0.932. The van der Waals surface area contributed by atoms with Gasteiger partial charge in [0.05, 0.1) is 17.3 Å². The first-order valence-electron chi connectivity index (χ1n) is 11.3. The number of hydrogen-bond acceptors (Lipinski definition) is 3. The highest BCUT2D eigenvalue weighted by Crippen LogP contribution is 2.52. The van der Waals surface area contributed by atoms with Gasteiger partial charge in [-0.05, 0) is 73.2 Å². The van der Waals surface area contributed by atoms with E-state index in [0.29, 0.717) is 16.8 Å². The number of fused-ring (bicyclic) bond motifs is 5. The molecule has 5 rings (SSSR count). The number of benzene rings is 3. The lowest BCUT2D eigenvalue weighted by atomic mass is 9.78. The Morgan fingerprint density at radius 2 is 1.78 bits per heavy atom. The second-order valence-electron chi connectivity index (χ2n) is 8.60. The third-order valence-corrected chi connectivity index (χ3v) is 7.03. The van der Waals surface area contributed by atoms with Crippen LogP contribution in [0.1, 0.15) is 59.3 Å². The molecule has 1 aliphatic carbocycles. The second kappa shape index (κ2) is 7.97. The van der Waals surface area contributed by atoms with Crippen LogP contribution >= 0.6 is 0 Å². The van der Waals surface area contributed by atoms with Crippen LogP contribution in [0.4, 0.5) is 15.8 Å². The van der Waals surface area contributed by atoms with E-state index in [2.05, 4.69) is 42.3 Å². The van der Waals surface area contributed by atoms with E-state index in [1.54, 1.807) is 12.1 Å². The molecule has 3 aromatic rings. The third kappa shape index (κ3) is 3.24. The Hall–Kier alpha value is -3.34. The summed E-state index contributed by atoms with van der Waals surface area (Å²) in [6.07, 6.45) is 1.67. The molecule has 0 saturated carbocycles. The van der Waals surface area contributed by atoms with Gasteiger partial charge in [-0.15, -0.1) is 0 Å². The number of hydrogen-bond donors (Lipinski definition) is 2. The average Bonchev–Trinajstić information content (AvgIpc) is 3.20. The lowest BCUT2D eigenvalue weighted by molar-refractivity contribution is 0.0696. The van der Waals surface area contributed by atoms with Crippen molar-refractivity contribution in [3.8, 4) is 11.1 Å². The van der Waals surface area contributed by atoms with Crippen LogP contribution in [0.5, 0.6) is 0 Å². The molecule has 0 fully saturated rings. The Labute approximate surface area is 187 Å². The molecule has 32 heavy (non-hydrogen) atoms. The topological polar surface area (TPSA) is 52.6 Å². The first-order chi connectivity index (χ1) is 15.5. The maximum Gasteiger partial charge on any atom is 0.335 e. The molecule has 2 aliphatic rings. The van der Waals surface area contributed by atoms with E-state index in [4.69, 9.17) is 0 Å². The molecule has 1 aliphatic heterocycles. The average molecular weight is 431 g/mol. The maximum atomic E-state index is 15.7. The lowest BCUT2D eigenvalue weighted by Gasteiger charge is -2.29. The van der Waals surface area contributed by atoms with Crippen molar-refractivity contribution in [3.63, 3.8) is 0 Å². The molecule has 0 radical (unpaired) electrons. The Balaban J connectivity index is 1.48. The minimum absolute atomic E-state index is 0.0219. The summed E-state index contributed by atoms with van der Waals surface area (Å²) in [5, 5.41) is 12.7. The predicted molar refractivity (Wildman–Crippen MR) is 126 cm³/mol. The predicted octanol–water partition coefficient (Wildman–Crippen LogP) is 6.23. The van der Waals surface area contributed by atoms with Gasteiger partial charge in [-0.3, -0.25) is 0 Å². The molecule has 0 spiro atoms. The SMILES string of the molecule is CCN(CC)c1ccc(-c2ccc3c(c2F)NC2c4ccc(C(=O)O)cc4CCC32)cc1. The minimum Gasteiger partial charge on any atom is -0.478 e. The highest BCUT2D eigenvalue weighted by atomic mass is 19.1. The van der Waals surface area contributed by atoms with Gasteiger partial charge in [0.1, 0.15) is 0 Å². The monoisotopic (exact) mass is 430 g/mol. The van der Waals surface area contributed by atoms with Gasteiger partial charge < -0.3 is 15.3 Å². The van der Waals surface area contributed by atoms with E-state index >= 15 is 4.39 Å². The molecule has 0 aromatic heterocycles. The summed E-state index contributed by atoms with van der Waals surface area (Å²) < 4.78 is 15.7. The van der Waals surface area contributed by atoms with Crippen LogP contribution < -0.4 is 10.2 Å². The van der Waals surface area contributed by atoms with Crippen molar-refractivity contribution in [1.82, 2.24) is 0 Å². The Kier molecular flexibility index (Phi) is 5.12. The molecule has 4 nitrogen and oxygen atoms in total. The van der Waals surface area contributed by atoms with Gasteiger partial charge in [0.2, 0.25) is 0 Å². The van der Waals surface area contributed by atoms with Crippen molar-refractivity contribution < 1.29 is 14.3 Å². The smallest absolute Gasteiger partial charge is 0.335 e. The van der Waals surface area contributed by atoms with Gasteiger partial charge in [-0.2, -0.15) is 0 Å². The fourth-order valence-electron chi connectivity index (χ4n) is 5.33. The van der Waals surface area contributed by atoms with E-state index < -0.39 is 5.97 Å². The van der Waals surface area contributed by atoms with Crippen molar-refractivity contribution in [2.75, 3.05) is 23.3 Å². The molecule has 3 aromatic carbocycles. The molecule has 0 saturated heterocycles. The summed E-state index contributed by atoms with van der Waals surface area (Å²) in [6.45, 7) is 6.13. The Bertz CT molecular complexity index is 1190. The van der Waals surface area contributed by atoms with E-state index in [1.807, 2.05) is 24.3 Å². The fraction of sp³-hybridized carbons (Fsp3) is 0.296. The maximum absolute atomic E-state index is 15.7. The van der Waals surface area contributed by atoms with Crippen molar-refractivity contribution in [1.29, 1.82) is 0 Å². The van der Waals surface area contributed by atoms with Crippen LogP contribution in [0.25, 0.3) is 11.1 Å². The fourth-order valence-corrected chi connectivity index (χ4v) is 5.33. The van der Waals surface area contributed by atoms with E-state index in [1.165, 1.54) is 0 Å². The molecule has 2 N–H and O–H groups in total. The van der Waals surface area contributed by atoms with Crippen molar-refractivity contribution in [2.24, 2.45) is 0 Å². The zero-order chi connectivity index (χ0) is 22.4. The molecule has 2 atom stereocenters. The molecule has 5 heteroatoms. The third-order valence-electron chi connectivity index (χ3n) is 7.03. The zero-order valence-corrected chi connectivity index (χ0v) is 18.4. The molecule has 164 valence electrons. The quantitative estimate of drug-likeness (QED) is 0.504. The number of carboxylic acid groups (broad SMARTS) is 1. The van der Waals surface area contributed by atoms with Crippen LogP contribution in [-0.4, -0.2) is 24.2 Å². The van der Waals surface area contributed by atoms with Crippen LogP contribution in [0.3, 0.4) is 0 Å². The summed E-state index contributed by atoms with van der Waals surface area (Å²) >= 11 is 0. The lowest BCUT2D eigenvalue weighted by Crippen LogP contribution is -2.21. The minimum atomic E-state index is -0.916. The van der Waals surface area contributed by atoms with Gasteiger partial charge in [-0.1, -0.05) is 30.3 Å². The highest BCUT2D eigenvalue weighted by Gasteiger charge is 2.39. The van der Waals surface area contributed by atoms with Crippen LogP contribution in [-0.2, 0) is 6.42 Å². The number of aryl methyl sites for hydroxylation is 1. The van der Waals surface area contributed by atoms with Crippen LogP contribution in [0.2, 0.25) is 0 Å². The number of rotatable bonds is 5. The van der Waals surface area contributed by atoms with E-state index in [9.17, 15) is 9.90 Å². The van der Waals surface area contributed by atoms with Crippen LogP contribution in [0, 0.1) is 5.82 Å². The number of anilines is 2. The number of nitrogens with one attached hydrogen (secondary N) is 1. The molecule has 0 bridgehead atoms. The molecular weight excluding hydrogens is 403 g/mol. The Morgan fingerprint density at radius 3 is 2.47 bits per heavy atom. The molecule has 1 heterocycles. The van der Waals surface area contributed by atoms with Gasteiger partial charge in [0.25, 0.3) is 0 Å². The number of halogens is 1. The first-order valence-corrected chi connectivity index (χ1v) is 11.3. The molecule has 2 unspecified atom stereocenters. The number of carboxylic acids is 1. The standard InChI is InChI=1S/C27H27FN2O2/c1-3-30(4-2)19-9-5-16(6-10-19)20-13-14-23-22-12-7-17-15-18(27(31)32)8-11-21(17)25(22)29-26(23)24(20)28/h5-6,8-11,13-15,22,25,29H,3-4,7,12H2,1-2H3,(H,31,32). The number of carbonyl (C=O) groups is 1. The van der Waals surface area contributed by atoms with E-state index in [-0.39, 0.29) is 17.8 Å². The zero-order valence-electron chi connectivity index (χ0n) is 18.4. The van der Waals surface area contributed by atoms with Gasteiger partial charge in [-0.25, -0.2) is 9.18 Å². The van der Waals surface area contributed by atoms with Gasteiger partial charge in [0, 0.05) is 30.3 Å². The highest BCUT2D eigenvalue weighted by molar-refractivity contribution is 5.88. The summed E-state index contributed by atoms with van der Waals surface area (Å²) in [4.78, 5) is 13.6. The van der Waals surface area contributed by atoms with Gasteiger partial charge >= 0.3 is 5.97 Å². The van der Waals surface area contributed by atoms with Crippen molar-refractivity contribution >= 4 is 17.3 Å². The second-order valence-corrected chi connectivity index (χ2v) is 8.60. The summed E-state index contributed by atoms with van der Waals surface area (Å²) in [6, 6.07) is 17.3. The van der Waals surface area contributed by atoms with Gasteiger partial charge in [0.15, 0.2) is 5.82 Å². The van der Waals surface area contributed by atoms with E-state index in [0.717, 1.165) is 53.9 Å². The van der Waals surface area contributed by atoms with Crippen molar-refractivity contribution in [2.45, 2.75) is 38.6 Å².